The van der Waals surface area contributed by atoms with Gasteiger partial charge >= 0.3 is 6.09 Å². The molecule has 2 heterocycles. The van der Waals surface area contributed by atoms with E-state index in [1.165, 1.54) is 19.5 Å². The topological polar surface area (TPSA) is 50.8 Å². The van der Waals surface area contributed by atoms with Gasteiger partial charge in [0.1, 0.15) is 6.10 Å². The molecule has 2 atom stereocenters. The van der Waals surface area contributed by atoms with Gasteiger partial charge in [0.05, 0.1) is 13.2 Å². The first kappa shape index (κ1) is 16.6. The lowest BCUT2D eigenvalue weighted by Crippen LogP contribution is -2.40. The van der Waals surface area contributed by atoms with Gasteiger partial charge in [-0.25, -0.2) is 4.79 Å². The maximum Gasteiger partial charge on any atom is 0.407 e. The Morgan fingerprint density at radius 1 is 1.24 bits per heavy atom. The van der Waals surface area contributed by atoms with E-state index in [-0.39, 0.29) is 12.2 Å². The van der Waals surface area contributed by atoms with Crippen molar-refractivity contribution in [2.75, 3.05) is 39.4 Å². The van der Waals surface area contributed by atoms with Gasteiger partial charge in [-0.1, -0.05) is 13.8 Å². The van der Waals surface area contributed by atoms with Crippen molar-refractivity contribution in [3.63, 3.8) is 0 Å². The van der Waals surface area contributed by atoms with Gasteiger partial charge in [-0.05, 0) is 31.2 Å². The second-order valence-corrected chi connectivity index (χ2v) is 6.70. The summed E-state index contributed by atoms with van der Waals surface area (Å²) in [5.41, 5.74) is 0. The Hall–Kier alpha value is -0.810. The first-order valence-corrected chi connectivity index (χ1v) is 8.38. The third-order valence-corrected chi connectivity index (χ3v) is 4.31. The molecule has 0 saturated carbocycles. The molecule has 2 aliphatic heterocycles. The Bertz CT molecular complexity index is 309. The van der Waals surface area contributed by atoms with Crippen LogP contribution in [0.25, 0.3) is 0 Å². The molecule has 122 valence electrons. The van der Waals surface area contributed by atoms with Crippen molar-refractivity contribution in [2.45, 2.75) is 45.6 Å². The highest BCUT2D eigenvalue weighted by molar-refractivity contribution is 5.67. The van der Waals surface area contributed by atoms with Gasteiger partial charge in [0, 0.05) is 32.5 Å². The van der Waals surface area contributed by atoms with E-state index in [2.05, 4.69) is 24.1 Å². The van der Waals surface area contributed by atoms with E-state index in [1.54, 1.807) is 0 Å². The molecule has 0 aliphatic carbocycles. The van der Waals surface area contributed by atoms with Crippen molar-refractivity contribution in [2.24, 2.45) is 11.8 Å². The maximum atomic E-state index is 11.7. The van der Waals surface area contributed by atoms with Crippen molar-refractivity contribution < 1.29 is 14.3 Å². The largest absolute Gasteiger partial charge is 0.446 e. The molecule has 0 radical (unpaired) electrons. The number of hydrogen-bond donors (Lipinski definition) is 1. The summed E-state index contributed by atoms with van der Waals surface area (Å²) in [7, 11) is 0. The van der Waals surface area contributed by atoms with E-state index < -0.39 is 0 Å². The van der Waals surface area contributed by atoms with Crippen LogP contribution in [-0.4, -0.2) is 56.5 Å². The molecule has 5 nitrogen and oxygen atoms in total. The molecule has 2 rings (SSSR count). The molecule has 2 fully saturated rings. The summed E-state index contributed by atoms with van der Waals surface area (Å²) in [5, 5.41) is 2.86. The summed E-state index contributed by atoms with van der Waals surface area (Å²) in [6.45, 7) is 10.2. The molecule has 0 aromatic heterocycles. The monoisotopic (exact) mass is 298 g/mol. The van der Waals surface area contributed by atoms with Crippen molar-refractivity contribution >= 4 is 6.09 Å². The predicted molar refractivity (Wildman–Crippen MR) is 82.3 cm³/mol. The summed E-state index contributed by atoms with van der Waals surface area (Å²) < 4.78 is 10.6. The number of likely N-dealkylation sites (tertiary alicyclic amines) is 1. The molecular weight excluding hydrogens is 268 g/mol. The summed E-state index contributed by atoms with van der Waals surface area (Å²) >= 11 is 0. The Kier molecular flexibility index (Phi) is 6.77. The van der Waals surface area contributed by atoms with Crippen LogP contribution >= 0.6 is 0 Å². The number of ether oxygens (including phenoxy) is 2. The normalized spacial score (nSPS) is 28.3. The highest BCUT2D eigenvalue weighted by Gasteiger charge is 2.21. The fourth-order valence-corrected chi connectivity index (χ4v) is 3.45. The lowest BCUT2D eigenvalue weighted by atomic mass is 9.92. The van der Waals surface area contributed by atoms with Crippen LogP contribution in [0, 0.1) is 11.8 Å². The second-order valence-electron chi connectivity index (χ2n) is 6.70. The summed E-state index contributed by atoms with van der Waals surface area (Å²) in [4.78, 5) is 14.2. The summed E-state index contributed by atoms with van der Waals surface area (Å²) in [5.74, 6) is 1.58. The van der Waals surface area contributed by atoms with Crippen LogP contribution in [0.5, 0.6) is 0 Å². The predicted octanol–water partition coefficient (Wildman–Crippen LogP) is 2.26. The maximum absolute atomic E-state index is 11.7. The van der Waals surface area contributed by atoms with Gasteiger partial charge in [0.2, 0.25) is 0 Å². The van der Waals surface area contributed by atoms with E-state index in [0.717, 1.165) is 37.6 Å². The number of nitrogens with zero attached hydrogens (tertiary/aromatic N) is 1. The second kappa shape index (κ2) is 8.59. The van der Waals surface area contributed by atoms with Gasteiger partial charge in [-0.3, -0.25) is 0 Å². The van der Waals surface area contributed by atoms with E-state index in [9.17, 15) is 4.79 Å². The number of alkyl carbamates (subject to hydrolysis) is 1. The molecule has 1 N–H and O–H groups in total. The minimum absolute atomic E-state index is 0.0301. The molecule has 0 spiro atoms. The Morgan fingerprint density at radius 2 is 1.90 bits per heavy atom. The fraction of sp³-hybridized carbons (Fsp3) is 0.938. The highest BCUT2D eigenvalue weighted by atomic mass is 16.6. The van der Waals surface area contributed by atoms with E-state index in [4.69, 9.17) is 9.47 Å². The molecule has 0 aromatic carbocycles. The van der Waals surface area contributed by atoms with Crippen LogP contribution in [0.4, 0.5) is 4.79 Å². The molecular formula is C16H30N2O3. The van der Waals surface area contributed by atoms with E-state index in [1.807, 2.05) is 0 Å². The number of carbonyl (C=O) groups excluding carboxylic acids is 1. The zero-order valence-corrected chi connectivity index (χ0v) is 13.5. The highest BCUT2D eigenvalue weighted by Crippen LogP contribution is 2.20. The summed E-state index contributed by atoms with van der Waals surface area (Å²) in [6, 6.07) is 0. The van der Waals surface area contributed by atoms with Crippen molar-refractivity contribution in [3.8, 4) is 0 Å². The first-order valence-electron chi connectivity index (χ1n) is 8.38. The number of carbonyl (C=O) groups is 1. The molecule has 5 heteroatoms. The van der Waals surface area contributed by atoms with Crippen LogP contribution in [0.3, 0.4) is 0 Å². The number of amides is 1. The van der Waals surface area contributed by atoms with Gasteiger partial charge in [0.25, 0.3) is 0 Å². The summed E-state index contributed by atoms with van der Waals surface area (Å²) in [6.07, 6.45) is 3.72. The van der Waals surface area contributed by atoms with Crippen molar-refractivity contribution in [1.29, 1.82) is 0 Å². The Labute approximate surface area is 128 Å². The van der Waals surface area contributed by atoms with Gasteiger partial charge in [-0.15, -0.1) is 0 Å². The van der Waals surface area contributed by atoms with Gasteiger partial charge in [-0.2, -0.15) is 0 Å². The molecule has 0 bridgehead atoms. The third-order valence-electron chi connectivity index (χ3n) is 4.31. The van der Waals surface area contributed by atoms with E-state index >= 15 is 0 Å². The van der Waals surface area contributed by atoms with Crippen molar-refractivity contribution in [3.05, 3.63) is 0 Å². The van der Waals surface area contributed by atoms with Crippen LogP contribution < -0.4 is 5.32 Å². The number of rotatable bonds is 5. The molecule has 0 unspecified atom stereocenters. The molecule has 21 heavy (non-hydrogen) atoms. The quantitative estimate of drug-likeness (QED) is 0.791. The molecule has 0 aromatic rings. The zero-order valence-electron chi connectivity index (χ0n) is 13.5. The van der Waals surface area contributed by atoms with E-state index in [0.29, 0.717) is 19.8 Å². The van der Waals surface area contributed by atoms with Gasteiger partial charge in [0.15, 0.2) is 0 Å². The Morgan fingerprint density at radius 3 is 2.57 bits per heavy atom. The third kappa shape index (κ3) is 6.22. The van der Waals surface area contributed by atoms with Crippen molar-refractivity contribution in [1.82, 2.24) is 10.2 Å². The van der Waals surface area contributed by atoms with Gasteiger partial charge < -0.3 is 19.7 Å². The minimum Gasteiger partial charge on any atom is -0.446 e. The Balaban J connectivity index is 1.53. The zero-order chi connectivity index (χ0) is 15.1. The minimum atomic E-state index is -0.276. The average molecular weight is 298 g/mol. The van der Waals surface area contributed by atoms with Crippen LogP contribution in [0.1, 0.15) is 39.5 Å². The lowest BCUT2D eigenvalue weighted by Gasteiger charge is -2.34. The number of hydrogen-bond acceptors (Lipinski definition) is 4. The molecule has 2 aliphatic rings. The standard InChI is InChI=1S/C16H30N2O3/c1-13-10-14(2)12-18(11-13)7-3-6-17-16(19)21-15-4-8-20-9-5-15/h13-15H,3-12H2,1-2H3,(H,17,19)/t13-,14-/m1/s1. The average Bonchev–Trinajstić information content (AvgIpc) is 2.44. The number of nitrogens with one attached hydrogen (secondary N) is 1. The smallest absolute Gasteiger partial charge is 0.407 e. The SMILES string of the molecule is C[C@@H]1C[C@@H](C)CN(CCCNC(=O)OC2CCOCC2)C1. The van der Waals surface area contributed by atoms with Crippen LogP contribution in [0.15, 0.2) is 0 Å². The van der Waals surface area contributed by atoms with Crippen LogP contribution in [-0.2, 0) is 9.47 Å². The lowest BCUT2D eigenvalue weighted by molar-refractivity contribution is 0.00159. The van der Waals surface area contributed by atoms with Crippen LogP contribution in [0.2, 0.25) is 0 Å². The molecule has 2 saturated heterocycles. The molecule has 1 amide bonds. The first-order chi connectivity index (χ1) is 10.1. The fourth-order valence-electron chi connectivity index (χ4n) is 3.45. The number of piperidine rings is 1.